The maximum atomic E-state index is 11.1. The lowest BCUT2D eigenvalue weighted by molar-refractivity contribution is 0.111. The highest BCUT2D eigenvalue weighted by atomic mass is 35.5. The number of aromatic nitrogens is 2. The molecule has 0 saturated heterocycles. The molecule has 0 radical (unpaired) electrons. The molecule has 0 fully saturated rings. The first-order valence-corrected chi connectivity index (χ1v) is 7.49. The van der Waals surface area contributed by atoms with Crippen molar-refractivity contribution >= 4 is 29.5 Å². The lowest BCUT2D eigenvalue weighted by atomic mass is 10.2. The Morgan fingerprint density at radius 1 is 1.33 bits per heavy atom. The minimum Gasteiger partial charge on any atom is -0.477 e. The van der Waals surface area contributed by atoms with Crippen molar-refractivity contribution in [1.82, 2.24) is 9.78 Å². The Balaban J connectivity index is 2.16. The van der Waals surface area contributed by atoms with Gasteiger partial charge in [-0.05, 0) is 24.1 Å². The van der Waals surface area contributed by atoms with Gasteiger partial charge in [-0.25, -0.2) is 0 Å². The Labute approximate surface area is 133 Å². The van der Waals surface area contributed by atoms with Gasteiger partial charge in [-0.1, -0.05) is 42.6 Å². The van der Waals surface area contributed by atoms with E-state index in [0.717, 1.165) is 24.7 Å². The van der Waals surface area contributed by atoms with Gasteiger partial charge < -0.3 is 4.74 Å². The molecule has 0 aliphatic heterocycles. The van der Waals surface area contributed by atoms with Gasteiger partial charge in [0.1, 0.15) is 5.69 Å². The van der Waals surface area contributed by atoms with E-state index in [1.807, 2.05) is 6.07 Å². The Morgan fingerprint density at radius 2 is 2.14 bits per heavy atom. The van der Waals surface area contributed by atoms with Crippen LogP contribution < -0.4 is 4.74 Å². The van der Waals surface area contributed by atoms with Gasteiger partial charge in [0, 0.05) is 16.1 Å². The average molecular weight is 327 g/mol. The summed E-state index contributed by atoms with van der Waals surface area (Å²) < 4.78 is 7.08. The number of ether oxygens (including phenoxy) is 1. The molecular formula is C15H16Cl2N2O2. The zero-order valence-corrected chi connectivity index (χ0v) is 13.2. The fourth-order valence-corrected chi connectivity index (χ4v) is 2.30. The summed E-state index contributed by atoms with van der Waals surface area (Å²) in [5.41, 5.74) is 1.29. The van der Waals surface area contributed by atoms with E-state index < -0.39 is 0 Å². The maximum Gasteiger partial charge on any atom is 0.233 e. The molecule has 1 aromatic carbocycles. The van der Waals surface area contributed by atoms with Crippen LogP contribution in [0.4, 0.5) is 0 Å². The zero-order chi connectivity index (χ0) is 15.2. The highest BCUT2D eigenvalue weighted by molar-refractivity contribution is 6.35. The first kappa shape index (κ1) is 15.9. The zero-order valence-electron chi connectivity index (χ0n) is 11.7. The number of hydrogen-bond donors (Lipinski definition) is 0. The molecule has 21 heavy (non-hydrogen) atoms. The second-order valence-electron chi connectivity index (χ2n) is 4.62. The molecule has 0 saturated carbocycles. The van der Waals surface area contributed by atoms with E-state index in [1.54, 1.807) is 22.9 Å². The Bertz CT molecular complexity index is 626. The number of carbonyl (C=O) groups excluding carboxylic acids is 1. The molecule has 0 aliphatic carbocycles. The fraction of sp³-hybridized carbons (Fsp3) is 0.333. The molecule has 0 aliphatic rings. The van der Waals surface area contributed by atoms with Crippen LogP contribution in [0.15, 0.2) is 24.3 Å². The number of rotatable bonds is 7. The minimum absolute atomic E-state index is 0.390. The number of aldehydes is 1. The SMILES string of the molecule is CCCCOc1cc(C=O)n(Cc2ccc(Cl)cc2Cl)n1. The summed E-state index contributed by atoms with van der Waals surface area (Å²) in [5, 5.41) is 5.40. The molecule has 0 N–H and O–H groups in total. The summed E-state index contributed by atoms with van der Waals surface area (Å²) in [6, 6.07) is 6.87. The topological polar surface area (TPSA) is 44.1 Å². The maximum absolute atomic E-state index is 11.1. The third-order valence-electron chi connectivity index (χ3n) is 2.99. The van der Waals surface area contributed by atoms with Crippen LogP contribution >= 0.6 is 23.2 Å². The number of carbonyl (C=O) groups is 1. The van der Waals surface area contributed by atoms with E-state index >= 15 is 0 Å². The standard InChI is InChI=1S/C15H16Cl2N2O2/c1-2-3-6-21-15-8-13(10-20)19(18-15)9-11-4-5-12(16)7-14(11)17/h4-5,7-8,10H,2-3,6,9H2,1H3. The lowest BCUT2D eigenvalue weighted by Gasteiger charge is -2.06. The van der Waals surface area contributed by atoms with Gasteiger partial charge >= 0.3 is 0 Å². The van der Waals surface area contributed by atoms with E-state index in [-0.39, 0.29) is 0 Å². The van der Waals surface area contributed by atoms with Crippen molar-refractivity contribution in [2.45, 2.75) is 26.3 Å². The molecule has 1 heterocycles. The van der Waals surface area contributed by atoms with Crippen LogP contribution in [-0.4, -0.2) is 22.7 Å². The van der Waals surface area contributed by atoms with Gasteiger partial charge in [-0.15, -0.1) is 5.10 Å². The van der Waals surface area contributed by atoms with Gasteiger partial charge in [0.25, 0.3) is 0 Å². The molecule has 0 amide bonds. The summed E-state index contributed by atoms with van der Waals surface area (Å²) in [6.45, 7) is 3.07. The molecule has 2 rings (SSSR count). The van der Waals surface area contributed by atoms with Crippen molar-refractivity contribution in [3.05, 3.63) is 45.6 Å². The highest BCUT2D eigenvalue weighted by Crippen LogP contribution is 2.22. The highest BCUT2D eigenvalue weighted by Gasteiger charge is 2.10. The molecule has 112 valence electrons. The summed E-state index contributed by atoms with van der Waals surface area (Å²) in [7, 11) is 0. The summed E-state index contributed by atoms with van der Waals surface area (Å²) in [5.74, 6) is 0.454. The largest absolute Gasteiger partial charge is 0.477 e. The van der Waals surface area contributed by atoms with Crippen LogP contribution in [-0.2, 0) is 6.54 Å². The lowest BCUT2D eigenvalue weighted by Crippen LogP contribution is -2.06. The van der Waals surface area contributed by atoms with Gasteiger partial charge in [-0.3, -0.25) is 9.48 Å². The quantitative estimate of drug-likeness (QED) is 0.565. The first-order chi connectivity index (χ1) is 10.1. The van der Waals surface area contributed by atoms with Crippen LogP contribution in [0.25, 0.3) is 0 Å². The Morgan fingerprint density at radius 3 is 2.81 bits per heavy atom. The van der Waals surface area contributed by atoms with Crippen LogP contribution in [0.2, 0.25) is 10.0 Å². The molecule has 0 atom stereocenters. The third kappa shape index (κ3) is 4.22. The van der Waals surface area contributed by atoms with Gasteiger partial charge in [0.2, 0.25) is 5.88 Å². The minimum atomic E-state index is 0.390. The van der Waals surface area contributed by atoms with E-state index in [9.17, 15) is 4.79 Å². The van der Waals surface area contributed by atoms with Gasteiger partial charge in [0.15, 0.2) is 6.29 Å². The molecule has 0 bridgehead atoms. The number of unbranched alkanes of at least 4 members (excludes halogenated alkanes) is 1. The number of nitrogens with zero attached hydrogens (tertiary/aromatic N) is 2. The predicted octanol–water partition coefficient (Wildman–Crippen LogP) is 4.23. The van der Waals surface area contributed by atoms with Crippen LogP contribution in [0.5, 0.6) is 5.88 Å². The van der Waals surface area contributed by atoms with Crippen molar-refractivity contribution in [3.8, 4) is 5.88 Å². The summed E-state index contributed by atoms with van der Waals surface area (Å²) in [4.78, 5) is 11.1. The van der Waals surface area contributed by atoms with Crippen LogP contribution in [0.1, 0.15) is 35.8 Å². The second kappa shape index (κ2) is 7.48. The normalized spacial score (nSPS) is 10.6. The van der Waals surface area contributed by atoms with E-state index in [4.69, 9.17) is 27.9 Å². The van der Waals surface area contributed by atoms with Gasteiger partial charge in [-0.2, -0.15) is 0 Å². The van der Waals surface area contributed by atoms with E-state index in [0.29, 0.717) is 34.8 Å². The molecule has 2 aromatic rings. The molecular weight excluding hydrogens is 311 g/mol. The number of benzene rings is 1. The number of hydrogen-bond acceptors (Lipinski definition) is 3. The van der Waals surface area contributed by atoms with Crippen LogP contribution in [0.3, 0.4) is 0 Å². The smallest absolute Gasteiger partial charge is 0.233 e. The Hall–Kier alpha value is -1.52. The van der Waals surface area contributed by atoms with Crippen molar-refractivity contribution < 1.29 is 9.53 Å². The third-order valence-corrected chi connectivity index (χ3v) is 3.58. The second-order valence-corrected chi connectivity index (χ2v) is 5.46. The monoisotopic (exact) mass is 326 g/mol. The van der Waals surface area contributed by atoms with Gasteiger partial charge in [0.05, 0.1) is 13.2 Å². The summed E-state index contributed by atoms with van der Waals surface area (Å²) in [6.07, 6.45) is 2.75. The van der Waals surface area contributed by atoms with Crippen molar-refractivity contribution in [3.63, 3.8) is 0 Å². The fourth-order valence-electron chi connectivity index (χ4n) is 1.83. The Kier molecular flexibility index (Phi) is 5.65. The van der Waals surface area contributed by atoms with E-state index in [2.05, 4.69) is 12.0 Å². The summed E-state index contributed by atoms with van der Waals surface area (Å²) >= 11 is 12.0. The molecule has 0 spiro atoms. The first-order valence-electron chi connectivity index (χ1n) is 6.73. The molecule has 0 unspecified atom stereocenters. The van der Waals surface area contributed by atoms with Crippen molar-refractivity contribution in [1.29, 1.82) is 0 Å². The van der Waals surface area contributed by atoms with Crippen molar-refractivity contribution in [2.75, 3.05) is 6.61 Å². The number of halogens is 2. The average Bonchev–Trinajstić information content (AvgIpc) is 2.84. The molecule has 6 heteroatoms. The molecule has 4 nitrogen and oxygen atoms in total. The van der Waals surface area contributed by atoms with Crippen molar-refractivity contribution in [2.24, 2.45) is 0 Å². The van der Waals surface area contributed by atoms with E-state index in [1.165, 1.54) is 0 Å². The predicted molar refractivity (Wildman–Crippen MR) is 83.6 cm³/mol. The van der Waals surface area contributed by atoms with Crippen LogP contribution in [0, 0.1) is 0 Å². The molecule has 1 aromatic heterocycles.